The second-order valence-corrected chi connectivity index (χ2v) is 8.71. The number of piperazine rings is 1. The van der Waals surface area contributed by atoms with E-state index in [2.05, 4.69) is 11.8 Å². The van der Waals surface area contributed by atoms with Gasteiger partial charge in [-0.1, -0.05) is 43.3 Å². The quantitative estimate of drug-likeness (QED) is 0.409. The van der Waals surface area contributed by atoms with Crippen LogP contribution in [0.4, 0.5) is 5.82 Å². The van der Waals surface area contributed by atoms with Crippen molar-refractivity contribution in [1.82, 2.24) is 24.6 Å². The smallest absolute Gasteiger partial charge is 0.260 e. The van der Waals surface area contributed by atoms with Crippen LogP contribution >= 0.6 is 0 Å². The van der Waals surface area contributed by atoms with Gasteiger partial charge in [-0.2, -0.15) is 5.10 Å². The molecule has 0 N–H and O–H groups in total. The Balaban J connectivity index is 1.37. The molecule has 0 saturated carbocycles. The zero-order valence-corrected chi connectivity index (χ0v) is 20.2. The molecule has 0 atom stereocenters. The maximum Gasteiger partial charge on any atom is 0.260 e. The molecule has 0 aliphatic carbocycles. The van der Waals surface area contributed by atoms with Gasteiger partial charge in [-0.3, -0.25) is 4.79 Å². The highest BCUT2D eigenvalue weighted by Crippen LogP contribution is 2.30. The Morgan fingerprint density at radius 2 is 1.63 bits per heavy atom. The third-order valence-electron chi connectivity index (χ3n) is 6.24. The van der Waals surface area contributed by atoms with E-state index in [0.29, 0.717) is 31.9 Å². The summed E-state index contributed by atoms with van der Waals surface area (Å²) in [4.78, 5) is 26.7. The molecule has 8 heteroatoms. The van der Waals surface area contributed by atoms with Gasteiger partial charge in [-0.15, -0.1) is 0 Å². The first-order chi connectivity index (χ1) is 17.1. The Morgan fingerprint density at radius 3 is 2.31 bits per heavy atom. The second-order valence-electron chi connectivity index (χ2n) is 8.71. The zero-order valence-electron chi connectivity index (χ0n) is 20.2. The van der Waals surface area contributed by atoms with Crippen LogP contribution in [0.5, 0.6) is 5.75 Å². The lowest BCUT2D eigenvalue weighted by molar-refractivity contribution is -0.133. The monoisotopic (exact) mass is 470 g/mol. The molecule has 0 unspecified atom stereocenters. The number of hydrogen-bond donors (Lipinski definition) is 0. The minimum Gasteiger partial charge on any atom is -0.484 e. The van der Waals surface area contributed by atoms with Crippen molar-refractivity contribution in [2.24, 2.45) is 0 Å². The predicted octanol–water partition coefficient (Wildman–Crippen LogP) is 3.80. The number of aromatic nitrogens is 4. The van der Waals surface area contributed by atoms with E-state index in [1.807, 2.05) is 77.2 Å². The number of rotatable bonds is 7. The number of hydrogen-bond acceptors (Lipinski definition) is 6. The van der Waals surface area contributed by atoms with E-state index in [-0.39, 0.29) is 12.5 Å². The largest absolute Gasteiger partial charge is 0.484 e. The number of carbonyl (C=O) groups excluding carboxylic acids is 1. The van der Waals surface area contributed by atoms with E-state index in [9.17, 15) is 4.79 Å². The standard InChI is InChI=1S/C27H30N6O2/c1-3-10-23-28-26(25-20(2)30-33(27(25)29-23)21-11-6-4-7-12-21)32-17-15-31(16-18-32)24(34)19-35-22-13-8-5-9-14-22/h4-9,11-14H,3,10,15-19H2,1-2H3. The van der Waals surface area contributed by atoms with Gasteiger partial charge < -0.3 is 14.5 Å². The van der Waals surface area contributed by atoms with Crippen molar-refractivity contribution in [2.75, 3.05) is 37.7 Å². The minimum absolute atomic E-state index is 0.00101. The van der Waals surface area contributed by atoms with Crippen molar-refractivity contribution in [3.63, 3.8) is 0 Å². The van der Waals surface area contributed by atoms with Gasteiger partial charge >= 0.3 is 0 Å². The Hall–Kier alpha value is -3.94. The molecule has 0 spiro atoms. The Morgan fingerprint density at radius 1 is 0.943 bits per heavy atom. The highest BCUT2D eigenvalue weighted by molar-refractivity contribution is 5.91. The fourth-order valence-corrected chi connectivity index (χ4v) is 4.44. The number of fused-ring (bicyclic) bond motifs is 1. The van der Waals surface area contributed by atoms with E-state index in [1.165, 1.54) is 0 Å². The summed E-state index contributed by atoms with van der Waals surface area (Å²) in [5.74, 6) is 2.44. The lowest BCUT2D eigenvalue weighted by Crippen LogP contribution is -2.50. The van der Waals surface area contributed by atoms with Gasteiger partial charge in [0.15, 0.2) is 12.3 Å². The number of benzene rings is 2. The molecule has 8 nitrogen and oxygen atoms in total. The molecule has 5 rings (SSSR count). The van der Waals surface area contributed by atoms with E-state index >= 15 is 0 Å². The number of ether oxygens (including phenoxy) is 1. The fourth-order valence-electron chi connectivity index (χ4n) is 4.44. The highest BCUT2D eigenvalue weighted by atomic mass is 16.5. The summed E-state index contributed by atoms with van der Waals surface area (Å²) in [5.41, 5.74) is 2.71. The van der Waals surface area contributed by atoms with Gasteiger partial charge in [0.05, 0.1) is 16.8 Å². The first-order valence-corrected chi connectivity index (χ1v) is 12.2. The van der Waals surface area contributed by atoms with Crippen LogP contribution in [-0.2, 0) is 11.2 Å². The average molecular weight is 471 g/mol. The zero-order chi connectivity index (χ0) is 24.2. The molecular formula is C27H30N6O2. The topological polar surface area (TPSA) is 76.4 Å². The van der Waals surface area contributed by atoms with Gasteiger partial charge in [-0.05, 0) is 37.6 Å². The highest BCUT2D eigenvalue weighted by Gasteiger charge is 2.26. The molecule has 0 bridgehead atoms. The first kappa shape index (κ1) is 22.8. The molecule has 1 aliphatic rings. The van der Waals surface area contributed by atoms with Crippen molar-refractivity contribution in [1.29, 1.82) is 0 Å². The van der Waals surface area contributed by atoms with Gasteiger partial charge in [0, 0.05) is 32.6 Å². The summed E-state index contributed by atoms with van der Waals surface area (Å²) in [7, 11) is 0. The Kier molecular flexibility index (Phi) is 6.61. The summed E-state index contributed by atoms with van der Waals surface area (Å²) < 4.78 is 7.57. The Bertz CT molecular complexity index is 1300. The number of aryl methyl sites for hydroxylation is 2. The van der Waals surface area contributed by atoms with Crippen LogP contribution in [-0.4, -0.2) is 63.3 Å². The SMILES string of the molecule is CCCc1nc(N2CCN(C(=O)COc3ccccc3)CC2)c2c(C)nn(-c3ccccc3)c2n1. The molecule has 1 saturated heterocycles. The second kappa shape index (κ2) is 10.1. The number of amides is 1. The molecular weight excluding hydrogens is 440 g/mol. The molecule has 2 aromatic heterocycles. The van der Waals surface area contributed by atoms with E-state index in [4.69, 9.17) is 19.8 Å². The van der Waals surface area contributed by atoms with Crippen LogP contribution in [0, 0.1) is 6.92 Å². The minimum atomic E-state index is 0.00101. The first-order valence-electron chi connectivity index (χ1n) is 12.2. The lowest BCUT2D eigenvalue weighted by atomic mass is 10.2. The molecule has 3 heterocycles. The third kappa shape index (κ3) is 4.82. The molecule has 1 aliphatic heterocycles. The van der Waals surface area contributed by atoms with Crippen LogP contribution in [0.25, 0.3) is 16.7 Å². The van der Waals surface area contributed by atoms with Crippen LogP contribution in [0.1, 0.15) is 24.9 Å². The van der Waals surface area contributed by atoms with E-state index in [1.54, 1.807) is 0 Å². The summed E-state index contributed by atoms with van der Waals surface area (Å²) in [6, 6.07) is 19.5. The maximum atomic E-state index is 12.7. The van der Waals surface area contributed by atoms with Gasteiger partial charge in [0.1, 0.15) is 17.4 Å². The molecule has 2 aromatic carbocycles. The molecule has 4 aromatic rings. The van der Waals surface area contributed by atoms with Gasteiger partial charge in [0.2, 0.25) is 0 Å². The maximum absolute atomic E-state index is 12.7. The van der Waals surface area contributed by atoms with Gasteiger partial charge in [-0.25, -0.2) is 14.6 Å². The molecule has 35 heavy (non-hydrogen) atoms. The number of anilines is 1. The van der Waals surface area contributed by atoms with Crippen molar-refractivity contribution < 1.29 is 9.53 Å². The third-order valence-corrected chi connectivity index (χ3v) is 6.24. The summed E-state index contributed by atoms with van der Waals surface area (Å²) in [6.45, 7) is 6.83. The van der Waals surface area contributed by atoms with Crippen LogP contribution in [0.3, 0.4) is 0 Å². The van der Waals surface area contributed by atoms with E-state index < -0.39 is 0 Å². The summed E-state index contributed by atoms with van der Waals surface area (Å²) in [6.07, 6.45) is 1.77. The predicted molar refractivity (Wildman–Crippen MR) is 136 cm³/mol. The number of para-hydroxylation sites is 2. The van der Waals surface area contributed by atoms with Crippen LogP contribution < -0.4 is 9.64 Å². The van der Waals surface area contributed by atoms with Gasteiger partial charge in [0.25, 0.3) is 5.91 Å². The van der Waals surface area contributed by atoms with Crippen molar-refractivity contribution in [2.45, 2.75) is 26.7 Å². The van der Waals surface area contributed by atoms with Crippen LogP contribution in [0.2, 0.25) is 0 Å². The van der Waals surface area contributed by atoms with Crippen molar-refractivity contribution >= 4 is 22.8 Å². The number of nitrogens with zero attached hydrogens (tertiary/aromatic N) is 6. The normalized spacial score (nSPS) is 13.9. The van der Waals surface area contributed by atoms with E-state index in [0.717, 1.165) is 46.9 Å². The molecule has 180 valence electrons. The van der Waals surface area contributed by atoms with Crippen molar-refractivity contribution in [3.05, 3.63) is 72.2 Å². The Labute approximate surface area is 205 Å². The summed E-state index contributed by atoms with van der Waals surface area (Å²) >= 11 is 0. The van der Waals surface area contributed by atoms with Crippen molar-refractivity contribution in [3.8, 4) is 11.4 Å². The lowest BCUT2D eigenvalue weighted by Gasteiger charge is -2.35. The average Bonchev–Trinajstić information content (AvgIpc) is 3.24. The van der Waals surface area contributed by atoms with Crippen LogP contribution in [0.15, 0.2) is 60.7 Å². The molecule has 0 radical (unpaired) electrons. The fraction of sp³-hybridized carbons (Fsp3) is 0.333. The number of carbonyl (C=O) groups is 1. The molecule has 1 fully saturated rings. The molecule has 1 amide bonds. The summed E-state index contributed by atoms with van der Waals surface area (Å²) in [5, 5.41) is 5.79.